The molecule has 0 N–H and O–H groups in total. The first-order chi connectivity index (χ1) is 48.5. The van der Waals surface area contributed by atoms with Gasteiger partial charge in [0, 0.05) is 68.2 Å². The van der Waals surface area contributed by atoms with E-state index in [1.165, 1.54) is 14.7 Å². The molecule has 0 unspecified atom stereocenters. The molecule has 0 aliphatic carbocycles. The van der Waals surface area contributed by atoms with Crippen molar-refractivity contribution in [3.05, 3.63) is 253 Å². The molecule has 0 spiro atoms. The molecule has 0 saturated carbocycles. The van der Waals surface area contributed by atoms with E-state index in [4.69, 9.17) is 9.60 Å². The Balaban J connectivity index is 1.15. The van der Waals surface area contributed by atoms with Crippen molar-refractivity contribution in [1.29, 1.82) is 0 Å². The number of benzene rings is 12. The predicted molar refractivity (Wildman–Crippen MR) is 344 cm³/mol. The van der Waals surface area contributed by atoms with Crippen LogP contribution in [0.2, 0.25) is 0 Å². The van der Waals surface area contributed by atoms with Crippen LogP contribution in [0.25, 0.3) is 32.3 Å². The SMILES string of the molecule is [2H]c1c([2H])c([2H])c(N2c3cc4c(cc3B3c5c2cc(C(C)(C)C)cc5N(c2c([2H])c([2H])c([2H])c([2H])c2[2H])c2c([2H])c([2H])c([2H])c([2H])c23)B2c3c(cc(C(C)(C)C)cc3N(c3c([2H])c([2H])c([2H])c([2H])c3[2H])c3c([2H])c([2H])c([2H])c([2H])c32)N4c2ccc3c4ccccc4c4ccccc4c3c2)c([2H])c1[2H]. The van der Waals surface area contributed by atoms with Crippen molar-refractivity contribution in [1.82, 2.24) is 0 Å². The molecule has 4 aliphatic heterocycles. The van der Waals surface area contributed by atoms with Gasteiger partial charge in [-0.3, -0.25) is 0 Å². The molecule has 12 aromatic rings. The molecule has 4 aliphatic rings. The number of anilines is 12. The summed E-state index contributed by atoms with van der Waals surface area (Å²) in [6.07, 6.45) is 0. The zero-order valence-corrected chi connectivity index (χ0v) is 44.3. The molecular formula is C74H58B2N4. The van der Waals surface area contributed by atoms with Crippen LogP contribution >= 0.6 is 0 Å². The third kappa shape index (κ3) is 6.78. The van der Waals surface area contributed by atoms with E-state index in [0.717, 1.165) is 32.3 Å². The Morgan fingerprint density at radius 2 is 0.625 bits per heavy atom. The van der Waals surface area contributed by atoms with Gasteiger partial charge in [0.15, 0.2) is 0 Å². The molecule has 0 amide bonds. The fourth-order valence-electron chi connectivity index (χ4n) is 12.8. The second-order valence-corrected chi connectivity index (χ2v) is 22.8. The highest BCUT2D eigenvalue weighted by Crippen LogP contribution is 2.51. The minimum atomic E-state index is -1.43. The van der Waals surface area contributed by atoms with Crippen molar-refractivity contribution in [2.45, 2.75) is 52.4 Å². The highest BCUT2D eigenvalue weighted by molar-refractivity contribution is 7.03. The first kappa shape index (κ1) is 29.1. The predicted octanol–water partition coefficient (Wildman–Crippen LogP) is 15.9. The first-order valence-corrected chi connectivity index (χ1v) is 26.5. The summed E-state index contributed by atoms with van der Waals surface area (Å²) in [6, 6.07) is 16.7. The molecule has 0 aromatic heterocycles. The number of hydrogen-bond acceptors (Lipinski definition) is 4. The number of nitrogens with zero attached hydrogens (tertiary/aromatic N) is 4. The number of fused-ring (bicyclic) bond motifs is 14. The van der Waals surface area contributed by atoms with Gasteiger partial charge in [0.05, 0.1) is 31.5 Å². The number of para-hydroxylation sites is 5. The van der Waals surface area contributed by atoms with Gasteiger partial charge in [-0.25, -0.2) is 0 Å². The topological polar surface area (TPSA) is 13.0 Å². The first-order valence-electron chi connectivity index (χ1n) is 38.0. The van der Waals surface area contributed by atoms with Gasteiger partial charge < -0.3 is 19.6 Å². The van der Waals surface area contributed by atoms with E-state index in [1.807, 2.05) is 113 Å². The molecule has 0 atom stereocenters. The highest BCUT2D eigenvalue weighted by atomic mass is 15.2. The van der Waals surface area contributed by atoms with Gasteiger partial charge in [0.25, 0.3) is 13.4 Å². The summed E-state index contributed by atoms with van der Waals surface area (Å²) < 4.78 is 219. The smallest absolute Gasteiger partial charge is 0.252 e. The summed E-state index contributed by atoms with van der Waals surface area (Å²) in [5, 5.41) is 5.46. The van der Waals surface area contributed by atoms with Crippen molar-refractivity contribution < 1.29 is 31.5 Å². The summed E-state index contributed by atoms with van der Waals surface area (Å²) >= 11 is 0. The molecule has 4 heterocycles. The van der Waals surface area contributed by atoms with Gasteiger partial charge in [0.1, 0.15) is 0 Å². The summed E-state index contributed by atoms with van der Waals surface area (Å²) in [5.41, 5.74) is -0.106. The monoisotopic (exact) mass is 1050 g/mol. The Morgan fingerprint density at radius 3 is 1.02 bits per heavy atom. The summed E-state index contributed by atoms with van der Waals surface area (Å²) in [6.45, 7) is 8.79. The molecular weight excluding hydrogens is 966 g/mol. The average molecular weight is 1050 g/mol. The lowest BCUT2D eigenvalue weighted by Gasteiger charge is -2.48. The summed E-state index contributed by atoms with van der Waals surface area (Å²) in [4.78, 5) is 6.07. The third-order valence-corrected chi connectivity index (χ3v) is 16.4. The van der Waals surface area contributed by atoms with Crippen molar-refractivity contribution in [2.75, 3.05) is 19.6 Å². The fraction of sp³-hybridized carbons (Fsp3) is 0.108. The van der Waals surface area contributed by atoms with Crippen LogP contribution in [-0.4, -0.2) is 13.4 Å². The molecule has 12 aromatic carbocycles. The Hall–Kier alpha value is -9.25. The zero-order chi connectivity index (χ0) is 73.8. The number of hydrogen-bond donors (Lipinski definition) is 0. The molecule has 0 bridgehead atoms. The minimum absolute atomic E-state index is 0.0375. The maximum atomic E-state index is 10.3. The lowest BCUT2D eigenvalue weighted by molar-refractivity contribution is 0.590. The molecule has 0 radical (unpaired) electrons. The van der Waals surface area contributed by atoms with Crippen LogP contribution in [0.1, 0.15) is 84.2 Å². The van der Waals surface area contributed by atoms with Crippen molar-refractivity contribution in [3.63, 3.8) is 0 Å². The van der Waals surface area contributed by atoms with E-state index in [1.54, 1.807) is 30.3 Å². The van der Waals surface area contributed by atoms with Gasteiger partial charge in [-0.15, -0.1) is 0 Å². The van der Waals surface area contributed by atoms with Crippen LogP contribution in [0.5, 0.6) is 0 Å². The average Bonchev–Trinajstić information content (AvgIpc) is 0.671. The van der Waals surface area contributed by atoms with Crippen LogP contribution in [0, 0.1) is 0 Å². The van der Waals surface area contributed by atoms with E-state index in [-0.39, 0.29) is 67.1 Å². The molecule has 380 valence electrons. The summed E-state index contributed by atoms with van der Waals surface area (Å²) in [7, 11) is 0. The number of rotatable bonds is 4. The van der Waals surface area contributed by atoms with Crippen LogP contribution < -0.4 is 52.4 Å². The standard InChI is InChI=1S/C74H58B2N4/c1-73(2,3)47-40-67-71-69(42-47)79(51-28-14-9-15-29-51)65-46-66-62(45-61(65)75(71)59-34-20-22-36-63(59)77(67)49-24-10-7-11-25-49)76-60-35-21-23-37-64(60)78(50-26-12-8-13-27-50)68-41-48(74(4,5)6)43-70(72(68)76)80(66)52-38-39-57-55-32-17-16-30-53(55)54-31-18-19-33-56(54)58(57)44-52/h7-46H,1-6H3/i7D,8D,9D,10D,11D,12D,13D,14D,15D,20D,21D,22D,23D,24D,25D,26D,27D,28D,29D,34D,35D,36D,37D. The minimum Gasteiger partial charge on any atom is -0.311 e. The zero-order valence-electron chi connectivity index (χ0n) is 67.3. The van der Waals surface area contributed by atoms with Crippen molar-refractivity contribution in [2.24, 2.45) is 0 Å². The quantitative estimate of drug-likeness (QED) is 0.129. The molecule has 4 nitrogen and oxygen atoms in total. The van der Waals surface area contributed by atoms with Crippen LogP contribution in [0.4, 0.5) is 68.2 Å². The summed E-state index contributed by atoms with van der Waals surface area (Å²) in [5.74, 6) is 0. The fourth-order valence-corrected chi connectivity index (χ4v) is 12.8. The van der Waals surface area contributed by atoms with E-state index in [2.05, 4.69) is 6.07 Å². The van der Waals surface area contributed by atoms with E-state index < -0.39 is 175 Å². The van der Waals surface area contributed by atoms with E-state index in [9.17, 15) is 21.9 Å². The van der Waals surface area contributed by atoms with E-state index >= 15 is 0 Å². The van der Waals surface area contributed by atoms with Gasteiger partial charge in [0.2, 0.25) is 0 Å². The van der Waals surface area contributed by atoms with Gasteiger partial charge in [-0.1, -0.05) is 193 Å². The second-order valence-electron chi connectivity index (χ2n) is 22.8. The molecule has 0 fully saturated rings. The Labute approximate surface area is 502 Å². The second kappa shape index (κ2) is 17.1. The van der Waals surface area contributed by atoms with Crippen LogP contribution in [0.15, 0.2) is 242 Å². The van der Waals surface area contributed by atoms with E-state index in [0.29, 0.717) is 33.7 Å². The van der Waals surface area contributed by atoms with Crippen molar-refractivity contribution in [3.8, 4) is 0 Å². The van der Waals surface area contributed by atoms with Crippen LogP contribution in [0.3, 0.4) is 0 Å². The van der Waals surface area contributed by atoms with Crippen LogP contribution in [-0.2, 0) is 10.8 Å². The Kier molecular flexibility index (Phi) is 6.23. The molecule has 6 heteroatoms. The molecule has 0 saturated heterocycles. The maximum absolute atomic E-state index is 10.3. The Morgan fingerprint density at radius 1 is 0.287 bits per heavy atom. The molecule has 80 heavy (non-hydrogen) atoms. The normalized spacial score (nSPS) is 18.0. The van der Waals surface area contributed by atoms with Crippen molar-refractivity contribution >= 4 is 147 Å². The van der Waals surface area contributed by atoms with Gasteiger partial charge in [-0.2, -0.15) is 0 Å². The maximum Gasteiger partial charge on any atom is 0.252 e. The lowest BCUT2D eigenvalue weighted by atomic mass is 9.30. The Bertz CT molecular complexity index is 5850. The van der Waals surface area contributed by atoms with Gasteiger partial charge in [-0.05, 0) is 178 Å². The highest BCUT2D eigenvalue weighted by Gasteiger charge is 2.49. The lowest BCUT2D eigenvalue weighted by Crippen LogP contribution is -2.65. The molecule has 16 rings (SSSR count). The largest absolute Gasteiger partial charge is 0.311 e. The van der Waals surface area contributed by atoms with Gasteiger partial charge >= 0.3 is 0 Å². The third-order valence-electron chi connectivity index (χ3n) is 16.4.